The Balaban J connectivity index is 1.65. The van der Waals surface area contributed by atoms with Gasteiger partial charge in [-0.25, -0.2) is 4.79 Å². The highest BCUT2D eigenvalue weighted by molar-refractivity contribution is 5.85. The maximum absolute atomic E-state index is 12.1. The third kappa shape index (κ3) is 4.85. The number of ether oxygens (including phenoxy) is 2. The van der Waals surface area contributed by atoms with E-state index in [4.69, 9.17) is 9.47 Å². The van der Waals surface area contributed by atoms with Gasteiger partial charge in [0.05, 0.1) is 0 Å². The van der Waals surface area contributed by atoms with Crippen molar-refractivity contribution in [2.24, 2.45) is 39.4 Å². The zero-order chi connectivity index (χ0) is 29.8. The van der Waals surface area contributed by atoms with Crippen LogP contribution in [0.15, 0.2) is 22.8 Å². The number of carboxylic acid groups (broad SMARTS) is 1. The molecule has 1 N–H and O–H groups in total. The predicted octanol–water partition coefficient (Wildman–Crippen LogP) is 7.66. The van der Waals surface area contributed by atoms with E-state index >= 15 is 0 Å². The molecule has 0 bridgehead atoms. The molecule has 0 radical (unpaired) electrons. The van der Waals surface area contributed by atoms with Gasteiger partial charge >= 0.3 is 17.9 Å². The molecule has 6 nitrogen and oxygen atoms in total. The summed E-state index contributed by atoms with van der Waals surface area (Å²) >= 11 is 0. The van der Waals surface area contributed by atoms with Gasteiger partial charge in [0.2, 0.25) is 0 Å². The second-order valence-electron chi connectivity index (χ2n) is 14.8. The second-order valence-corrected chi connectivity index (χ2v) is 14.8. The number of rotatable bonds is 7. The third-order valence-corrected chi connectivity index (χ3v) is 12.6. The fraction of sp³-hybridized carbons (Fsp3) is 0.794. The van der Waals surface area contributed by atoms with Gasteiger partial charge in [-0.2, -0.15) is 0 Å². The van der Waals surface area contributed by atoms with Gasteiger partial charge in [0.15, 0.2) is 0 Å². The fourth-order valence-corrected chi connectivity index (χ4v) is 10.2. The van der Waals surface area contributed by atoms with Crippen molar-refractivity contribution in [2.45, 2.75) is 132 Å². The van der Waals surface area contributed by atoms with Gasteiger partial charge < -0.3 is 14.6 Å². The highest BCUT2D eigenvalue weighted by Crippen LogP contribution is 2.72. The van der Waals surface area contributed by atoms with Gasteiger partial charge in [-0.15, -0.1) is 0 Å². The Bertz CT molecular complexity index is 1120. The van der Waals surface area contributed by atoms with Gasteiger partial charge in [0.1, 0.15) is 12.2 Å². The normalized spacial score (nSPS) is 38.4. The molecule has 0 aromatic heterocycles. The number of hydrogen-bond acceptors (Lipinski definition) is 5. The molecule has 224 valence electrons. The minimum absolute atomic E-state index is 0.0246. The summed E-state index contributed by atoms with van der Waals surface area (Å²) in [5.74, 6) is -0.424. The van der Waals surface area contributed by atoms with Crippen molar-refractivity contribution in [2.75, 3.05) is 0 Å². The van der Waals surface area contributed by atoms with E-state index < -0.39 is 5.97 Å². The first-order valence-electron chi connectivity index (χ1n) is 15.5. The summed E-state index contributed by atoms with van der Waals surface area (Å²) in [5.41, 5.74) is 3.90. The van der Waals surface area contributed by atoms with Crippen molar-refractivity contribution >= 4 is 17.9 Å². The minimum Gasteiger partial charge on any atom is -0.478 e. The molecule has 0 amide bonds. The Morgan fingerprint density at radius 1 is 0.925 bits per heavy atom. The third-order valence-electron chi connectivity index (χ3n) is 12.6. The first-order valence-corrected chi connectivity index (χ1v) is 15.5. The van der Waals surface area contributed by atoms with E-state index in [9.17, 15) is 19.5 Å². The number of esters is 2. The molecule has 6 heteroatoms. The van der Waals surface area contributed by atoms with Crippen LogP contribution in [0.3, 0.4) is 0 Å². The summed E-state index contributed by atoms with van der Waals surface area (Å²) in [4.78, 5) is 35.4. The summed E-state index contributed by atoms with van der Waals surface area (Å²) in [6.45, 7) is 18.9. The number of hydrogen-bond donors (Lipinski definition) is 1. The van der Waals surface area contributed by atoms with Crippen LogP contribution in [0.5, 0.6) is 0 Å². The molecule has 0 spiro atoms. The molecule has 0 aliphatic heterocycles. The van der Waals surface area contributed by atoms with Crippen molar-refractivity contribution in [3.8, 4) is 0 Å². The van der Waals surface area contributed by atoms with Crippen LogP contribution in [0.25, 0.3) is 0 Å². The summed E-state index contributed by atoms with van der Waals surface area (Å²) in [6.07, 6.45) is 10.4. The summed E-state index contributed by atoms with van der Waals surface area (Å²) in [7, 11) is 0. The zero-order valence-electron chi connectivity index (χ0n) is 26.3. The minimum atomic E-state index is -0.935. The largest absolute Gasteiger partial charge is 0.478 e. The van der Waals surface area contributed by atoms with Crippen LogP contribution < -0.4 is 0 Å². The Kier molecular flexibility index (Phi) is 8.19. The van der Waals surface area contributed by atoms with E-state index in [0.29, 0.717) is 18.3 Å². The van der Waals surface area contributed by atoms with Gasteiger partial charge in [-0.1, -0.05) is 58.8 Å². The zero-order valence-corrected chi connectivity index (χ0v) is 26.3. The van der Waals surface area contributed by atoms with Crippen LogP contribution in [0, 0.1) is 39.4 Å². The molecule has 2 saturated carbocycles. The van der Waals surface area contributed by atoms with Crippen molar-refractivity contribution in [3.63, 3.8) is 0 Å². The smallest absolute Gasteiger partial charge is 0.330 e. The lowest BCUT2D eigenvalue weighted by Gasteiger charge is -2.62. The standard InChI is InChI=1S/C34H52O6/c1-20(30(37)38)10-12-27(39-22(3)35)21(2)24-14-18-34(9)26-11-13-28-31(5,6)29(40-23(4)36)16-17-32(28,7)25(26)15-19-33(24,34)8/h10,21,24,27-29H,11-19H2,1-9H3,(H,37,38)/b20-10-/t21-,24+,27-,28-,29-,32+,33+,34-/m0/s1. The molecule has 4 aliphatic carbocycles. The monoisotopic (exact) mass is 556 g/mol. The molecule has 0 saturated heterocycles. The molecule has 0 aromatic carbocycles. The van der Waals surface area contributed by atoms with E-state index in [1.54, 1.807) is 24.1 Å². The summed E-state index contributed by atoms with van der Waals surface area (Å²) < 4.78 is 11.7. The molecule has 0 heterocycles. The van der Waals surface area contributed by atoms with E-state index in [-0.39, 0.29) is 57.3 Å². The van der Waals surface area contributed by atoms with Crippen molar-refractivity contribution in [1.29, 1.82) is 0 Å². The lowest BCUT2D eigenvalue weighted by molar-refractivity contribution is -0.167. The molecule has 2 fully saturated rings. The molecule has 0 aromatic rings. The SMILES string of the molecule is CC(=O)O[C@@H](C/C=C(/C)C(=O)O)[C@@H](C)[C@H]1CC[C@@]2(C)C3=C(CC[C@]12C)[C@@]1(C)CC[C@H](OC(C)=O)C(C)(C)[C@@H]1CC3. The van der Waals surface area contributed by atoms with Gasteiger partial charge in [-0.3, -0.25) is 9.59 Å². The average Bonchev–Trinajstić information content (AvgIpc) is 3.13. The van der Waals surface area contributed by atoms with E-state index in [1.807, 2.05) is 0 Å². The average molecular weight is 557 g/mol. The fourth-order valence-electron chi connectivity index (χ4n) is 10.2. The van der Waals surface area contributed by atoms with Crippen molar-refractivity contribution in [3.05, 3.63) is 22.8 Å². The topological polar surface area (TPSA) is 89.9 Å². The second kappa shape index (κ2) is 10.6. The molecular formula is C34H52O6. The molecule has 8 atom stereocenters. The lowest BCUT2D eigenvalue weighted by Crippen LogP contribution is -2.56. The van der Waals surface area contributed by atoms with Crippen LogP contribution in [0.1, 0.15) is 120 Å². The molecular weight excluding hydrogens is 504 g/mol. The van der Waals surface area contributed by atoms with Crippen LogP contribution in [0.2, 0.25) is 0 Å². The predicted molar refractivity (Wildman–Crippen MR) is 155 cm³/mol. The van der Waals surface area contributed by atoms with E-state index in [0.717, 1.165) is 51.4 Å². The highest BCUT2D eigenvalue weighted by atomic mass is 16.5. The number of carboxylic acids is 1. The van der Waals surface area contributed by atoms with Crippen molar-refractivity contribution < 1.29 is 29.0 Å². The Hall–Kier alpha value is -2.11. The van der Waals surface area contributed by atoms with Crippen molar-refractivity contribution in [1.82, 2.24) is 0 Å². The summed E-state index contributed by atoms with van der Waals surface area (Å²) in [6, 6.07) is 0. The van der Waals surface area contributed by atoms with Crippen LogP contribution in [-0.2, 0) is 23.9 Å². The summed E-state index contributed by atoms with van der Waals surface area (Å²) in [5, 5.41) is 9.35. The Morgan fingerprint density at radius 3 is 2.20 bits per heavy atom. The van der Waals surface area contributed by atoms with Crippen LogP contribution >= 0.6 is 0 Å². The number of aliphatic carboxylic acids is 1. The van der Waals surface area contributed by atoms with Gasteiger partial charge in [-0.05, 0) is 92.3 Å². The van der Waals surface area contributed by atoms with Crippen LogP contribution in [-0.4, -0.2) is 35.2 Å². The number of allylic oxidation sites excluding steroid dienone is 2. The molecule has 0 unspecified atom stereocenters. The van der Waals surface area contributed by atoms with E-state index in [2.05, 4.69) is 41.5 Å². The maximum Gasteiger partial charge on any atom is 0.330 e. The molecule has 4 rings (SSSR count). The number of carbonyl (C=O) groups excluding carboxylic acids is 2. The highest BCUT2D eigenvalue weighted by Gasteiger charge is 2.64. The number of carbonyl (C=O) groups is 3. The van der Waals surface area contributed by atoms with Gasteiger partial charge in [0.25, 0.3) is 0 Å². The first kappa shape index (κ1) is 30.8. The first-order chi connectivity index (χ1) is 18.5. The quantitative estimate of drug-likeness (QED) is 0.197. The van der Waals surface area contributed by atoms with Gasteiger partial charge in [0, 0.05) is 31.3 Å². The Labute approximate surface area is 241 Å². The maximum atomic E-state index is 12.1. The lowest BCUT2D eigenvalue weighted by atomic mass is 9.43. The molecule has 40 heavy (non-hydrogen) atoms. The van der Waals surface area contributed by atoms with Crippen LogP contribution in [0.4, 0.5) is 0 Å². The van der Waals surface area contributed by atoms with E-state index in [1.165, 1.54) is 13.8 Å². The Morgan fingerprint density at radius 2 is 1.60 bits per heavy atom. The number of fused-ring (bicyclic) bond motifs is 4. The molecule has 4 aliphatic rings.